The number of nitrogen functional groups attached to an aromatic ring is 1. The molecule has 2 aliphatic carbocycles. The molecule has 7 heteroatoms. The average Bonchev–Trinajstić information content (AvgIpc) is 3.35. The quantitative estimate of drug-likeness (QED) is 0.465. The molecule has 2 fully saturated rings. The number of halogens is 1. The van der Waals surface area contributed by atoms with Crippen LogP contribution in [0.4, 0.5) is 17.5 Å². The third kappa shape index (κ3) is 4.31. The zero-order chi connectivity index (χ0) is 22.4. The Labute approximate surface area is 202 Å². The molecule has 170 valence electrons. The number of fused-ring (bicyclic) bond motifs is 2. The normalized spacial score (nSPS) is 22.4. The standard InChI is InChI=1S/C26H29BrN6/c27-22-13-19-7-5-17(12-23(19)32-25(22)29-14-18-3-4-18)2-1-16-6-8-20(11-16)33-10-9-21-24(28)30-15-31-26(21)33/h1-2,5,7,12-13,15-16,18,20H,3-4,6,8-11,14H2,(H,29,32)(H2,28,30,31)/b2-1+. The number of hydrogen-bond donors (Lipinski definition) is 2. The highest BCUT2D eigenvalue weighted by atomic mass is 79.9. The minimum Gasteiger partial charge on any atom is -0.383 e. The number of hydrogen-bond acceptors (Lipinski definition) is 6. The van der Waals surface area contributed by atoms with Crippen molar-refractivity contribution >= 4 is 50.4 Å². The molecule has 1 aromatic carbocycles. The Balaban J connectivity index is 1.14. The summed E-state index contributed by atoms with van der Waals surface area (Å²) in [6.45, 7) is 2.02. The zero-order valence-corrected chi connectivity index (χ0v) is 20.3. The molecule has 3 aliphatic rings. The number of nitrogens with two attached hydrogens (primary N) is 1. The van der Waals surface area contributed by atoms with E-state index < -0.39 is 0 Å². The maximum atomic E-state index is 6.06. The summed E-state index contributed by atoms with van der Waals surface area (Å²) in [5.74, 6) is 4.04. The minimum atomic E-state index is 0.533. The number of anilines is 3. The van der Waals surface area contributed by atoms with Gasteiger partial charge in [-0.1, -0.05) is 24.3 Å². The smallest absolute Gasteiger partial charge is 0.141 e. The average molecular weight is 505 g/mol. The van der Waals surface area contributed by atoms with Crippen LogP contribution >= 0.6 is 15.9 Å². The Bertz CT molecular complexity index is 1220. The molecule has 6 rings (SSSR count). The van der Waals surface area contributed by atoms with E-state index in [0.29, 0.717) is 17.8 Å². The summed E-state index contributed by atoms with van der Waals surface area (Å²) in [5.41, 5.74) is 9.43. The fraction of sp³-hybridized carbons (Fsp3) is 0.423. The first-order valence-electron chi connectivity index (χ1n) is 12.0. The Hall–Kier alpha value is -2.67. The van der Waals surface area contributed by atoms with Crippen LogP contribution in [0.15, 0.2) is 41.1 Å². The van der Waals surface area contributed by atoms with E-state index >= 15 is 0 Å². The van der Waals surface area contributed by atoms with Crippen LogP contribution in [0.5, 0.6) is 0 Å². The van der Waals surface area contributed by atoms with Gasteiger partial charge in [-0.05, 0) is 84.0 Å². The molecule has 0 bridgehead atoms. The fourth-order valence-corrected chi connectivity index (χ4v) is 5.72. The van der Waals surface area contributed by atoms with Gasteiger partial charge in [-0.3, -0.25) is 0 Å². The highest BCUT2D eigenvalue weighted by molar-refractivity contribution is 9.10. The molecule has 0 amide bonds. The summed E-state index contributed by atoms with van der Waals surface area (Å²) >= 11 is 3.67. The third-order valence-corrected chi connectivity index (χ3v) is 7.93. The largest absolute Gasteiger partial charge is 0.383 e. The fourth-order valence-electron chi connectivity index (χ4n) is 5.24. The van der Waals surface area contributed by atoms with E-state index in [4.69, 9.17) is 10.7 Å². The van der Waals surface area contributed by atoms with Crippen molar-refractivity contribution in [1.82, 2.24) is 15.0 Å². The van der Waals surface area contributed by atoms with E-state index in [9.17, 15) is 0 Å². The van der Waals surface area contributed by atoms with Crippen molar-refractivity contribution in [3.63, 3.8) is 0 Å². The number of nitrogens with zero attached hydrogens (tertiary/aromatic N) is 4. The van der Waals surface area contributed by atoms with E-state index in [0.717, 1.165) is 64.4 Å². The lowest BCUT2D eigenvalue weighted by Gasteiger charge is -2.25. The van der Waals surface area contributed by atoms with Gasteiger partial charge in [0.2, 0.25) is 0 Å². The van der Waals surface area contributed by atoms with Crippen LogP contribution in [0, 0.1) is 11.8 Å². The molecule has 2 saturated carbocycles. The topological polar surface area (TPSA) is 80.0 Å². The molecule has 2 atom stereocenters. The summed E-state index contributed by atoms with van der Waals surface area (Å²) in [5, 5.41) is 4.67. The van der Waals surface area contributed by atoms with Gasteiger partial charge in [0.25, 0.3) is 0 Å². The Morgan fingerprint density at radius 3 is 2.94 bits per heavy atom. The van der Waals surface area contributed by atoms with Gasteiger partial charge in [0.05, 0.1) is 9.99 Å². The molecular weight excluding hydrogens is 476 g/mol. The molecule has 2 aromatic heterocycles. The van der Waals surface area contributed by atoms with Gasteiger partial charge in [-0.15, -0.1) is 0 Å². The van der Waals surface area contributed by atoms with Crippen LogP contribution in [0.1, 0.15) is 43.2 Å². The number of allylic oxidation sites excluding steroid dienone is 1. The third-order valence-electron chi connectivity index (χ3n) is 7.33. The van der Waals surface area contributed by atoms with Gasteiger partial charge >= 0.3 is 0 Å². The van der Waals surface area contributed by atoms with Crippen molar-refractivity contribution in [2.75, 3.05) is 29.0 Å². The first-order chi connectivity index (χ1) is 16.1. The zero-order valence-electron chi connectivity index (χ0n) is 18.7. The number of nitrogens with one attached hydrogen (secondary N) is 1. The predicted molar refractivity (Wildman–Crippen MR) is 138 cm³/mol. The SMILES string of the molecule is Nc1ncnc2c1CCN2C1CCC(/C=C/c2ccc3cc(Br)c(NCC4CC4)nc3c2)C1. The minimum absolute atomic E-state index is 0.533. The maximum absolute atomic E-state index is 6.06. The lowest BCUT2D eigenvalue weighted by molar-refractivity contribution is 0.599. The van der Waals surface area contributed by atoms with Crippen LogP contribution in [-0.2, 0) is 6.42 Å². The number of rotatable bonds is 6. The maximum Gasteiger partial charge on any atom is 0.141 e. The van der Waals surface area contributed by atoms with Gasteiger partial charge in [-0.2, -0.15) is 0 Å². The van der Waals surface area contributed by atoms with E-state index in [-0.39, 0.29) is 0 Å². The van der Waals surface area contributed by atoms with Crippen LogP contribution < -0.4 is 16.0 Å². The van der Waals surface area contributed by atoms with Crippen LogP contribution in [0.2, 0.25) is 0 Å². The van der Waals surface area contributed by atoms with Crippen molar-refractivity contribution < 1.29 is 0 Å². The van der Waals surface area contributed by atoms with E-state index in [1.165, 1.54) is 31.2 Å². The second kappa shape index (κ2) is 8.60. The number of benzene rings is 1. The summed E-state index contributed by atoms with van der Waals surface area (Å²) in [6.07, 6.45) is 13.4. The molecule has 6 nitrogen and oxygen atoms in total. The molecule has 2 unspecified atom stereocenters. The second-order valence-corrected chi connectivity index (χ2v) is 10.5. The second-order valence-electron chi connectivity index (χ2n) is 9.69. The Kier molecular flexibility index (Phi) is 5.45. The Morgan fingerprint density at radius 1 is 1.15 bits per heavy atom. The lowest BCUT2D eigenvalue weighted by atomic mass is 10.0. The Morgan fingerprint density at radius 2 is 2.06 bits per heavy atom. The number of aromatic nitrogens is 3. The first-order valence-corrected chi connectivity index (χ1v) is 12.8. The molecule has 3 aromatic rings. The lowest BCUT2D eigenvalue weighted by Crippen LogP contribution is -2.32. The molecule has 0 spiro atoms. The van der Waals surface area contributed by atoms with Crippen LogP contribution in [0.3, 0.4) is 0 Å². The molecule has 33 heavy (non-hydrogen) atoms. The van der Waals surface area contributed by atoms with Gasteiger partial charge in [0, 0.05) is 30.1 Å². The molecule has 3 N–H and O–H groups in total. The molecule has 3 heterocycles. The van der Waals surface area contributed by atoms with Gasteiger partial charge in [0.15, 0.2) is 0 Å². The van der Waals surface area contributed by atoms with Gasteiger partial charge in [0.1, 0.15) is 23.8 Å². The van der Waals surface area contributed by atoms with E-state index in [1.807, 2.05) is 0 Å². The number of pyridine rings is 1. The van der Waals surface area contributed by atoms with E-state index in [2.05, 4.69) is 72.5 Å². The first kappa shape index (κ1) is 20.9. The summed E-state index contributed by atoms with van der Waals surface area (Å²) in [6, 6.07) is 9.25. The van der Waals surface area contributed by atoms with Gasteiger partial charge < -0.3 is 16.0 Å². The molecule has 0 saturated heterocycles. The van der Waals surface area contributed by atoms with Crippen molar-refractivity contribution in [3.8, 4) is 0 Å². The van der Waals surface area contributed by atoms with E-state index in [1.54, 1.807) is 6.33 Å². The highest BCUT2D eigenvalue weighted by Crippen LogP contribution is 2.38. The van der Waals surface area contributed by atoms with Crippen molar-refractivity contribution in [2.45, 2.75) is 44.6 Å². The highest BCUT2D eigenvalue weighted by Gasteiger charge is 2.33. The van der Waals surface area contributed by atoms with Crippen molar-refractivity contribution in [1.29, 1.82) is 0 Å². The summed E-state index contributed by atoms with van der Waals surface area (Å²) < 4.78 is 1.03. The van der Waals surface area contributed by atoms with Crippen LogP contribution in [0.25, 0.3) is 17.0 Å². The molecule has 1 aliphatic heterocycles. The summed E-state index contributed by atoms with van der Waals surface area (Å²) in [7, 11) is 0. The van der Waals surface area contributed by atoms with Crippen LogP contribution in [-0.4, -0.2) is 34.1 Å². The monoisotopic (exact) mass is 504 g/mol. The molecule has 0 radical (unpaired) electrons. The molecular formula is C26H29BrN6. The summed E-state index contributed by atoms with van der Waals surface area (Å²) in [4.78, 5) is 16.0. The predicted octanol–water partition coefficient (Wildman–Crippen LogP) is 5.44. The van der Waals surface area contributed by atoms with Gasteiger partial charge in [-0.25, -0.2) is 15.0 Å². The van der Waals surface area contributed by atoms with Crippen molar-refractivity contribution in [3.05, 3.63) is 52.3 Å². The van der Waals surface area contributed by atoms with Crippen molar-refractivity contribution in [2.24, 2.45) is 11.8 Å².